The predicted octanol–water partition coefficient (Wildman–Crippen LogP) is 3.57. The Hall–Kier alpha value is -0.790. The van der Waals surface area contributed by atoms with Crippen LogP contribution in [0.2, 0.25) is 0 Å². The van der Waals surface area contributed by atoms with Crippen molar-refractivity contribution < 1.29 is 9.53 Å². The standard InChI is InChI=1S/C14H24O2/c1-10(6-9-13(15)16-5)12-8-7-11(2)14(12,3)4/h7,10,12H,6,8-9H2,1-5H3/t10?,12-/m0/s1. The fourth-order valence-corrected chi connectivity index (χ4v) is 2.75. The first-order chi connectivity index (χ1) is 7.39. The van der Waals surface area contributed by atoms with Gasteiger partial charge in [-0.3, -0.25) is 4.79 Å². The molecule has 0 aromatic heterocycles. The maximum atomic E-state index is 11.1. The van der Waals surface area contributed by atoms with Gasteiger partial charge in [0.25, 0.3) is 0 Å². The van der Waals surface area contributed by atoms with Crippen LogP contribution in [0, 0.1) is 17.3 Å². The Morgan fingerprint density at radius 3 is 2.69 bits per heavy atom. The Morgan fingerprint density at radius 1 is 1.62 bits per heavy atom. The minimum Gasteiger partial charge on any atom is -0.469 e. The molecule has 0 saturated heterocycles. The Kier molecular flexibility index (Phi) is 4.17. The molecule has 0 N–H and O–H groups in total. The van der Waals surface area contributed by atoms with E-state index in [1.54, 1.807) is 0 Å². The van der Waals surface area contributed by atoms with Crippen molar-refractivity contribution in [3.8, 4) is 0 Å². The Morgan fingerprint density at radius 2 is 2.25 bits per heavy atom. The van der Waals surface area contributed by atoms with E-state index in [0.717, 1.165) is 12.8 Å². The number of hydrogen-bond donors (Lipinski definition) is 0. The molecule has 1 rings (SSSR count). The van der Waals surface area contributed by atoms with Gasteiger partial charge in [0.15, 0.2) is 0 Å². The summed E-state index contributed by atoms with van der Waals surface area (Å²) in [6.07, 6.45) is 4.98. The minimum absolute atomic E-state index is 0.0904. The average Bonchev–Trinajstić information content (AvgIpc) is 2.50. The SMILES string of the molecule is COC(=O)CCC(C)[C@@H]1CC=C(C)C1(C)C. The molecule has 1 aliphatic carbocycles. The summed E-state index contributed by atoms with van der Waals surface area (Å²) in [6.45, 7) is 9.09. The maximum Gasteiger partial charge on any atom is 0.305 e. The molecule has 0 saturated carbocycles. The summed E-state index contributed by atoms with van der Waals surface area (Å²) < 4.78 is 4.68. The van der Waals surface area contributed by atoms with Crippen molar-refractivity contribution in [1.82, 2.24) is 0 Å². The molecule has 0 aromatic rings. The second-order valence-electron chi connectivity index (χ2n) is 5.54. The van der Waals surface area contributed by atoms with E-state index in [-0.39, 0.29) is 11.4 Å². The van der Waals surface area contributed by atoms with Gasteiger partial charge in [-0.2, -0.15) is 0 Å². The highest BCUT2D eigenvalue weighted by atomic mass is 16.5. The van der Waals surface area contributed by atoms with Gasteiger partial charge in [0.1, 0.15) is 0 Å². The van der Waals surface area contributed by atoms with Gasteiger partial charge in [0.2, 0.25) is 0 Å². The van der Waals surface area contributed by atoms with Gasteiger partial charge in [-0.1, -0.05) is 32.4 Å². The number of carbonyl (C=O) groups is 1. The van der Waals surface area contributed by atoms with E-state index in [2.05, 4.69) is 38.5 Å². The first-order valence-electron chi connectivity index (χ1n) is 6.13. The lowest BCUT2D eigenvalue weighted by atomic mass is 9.71. The van der Waals surface area contributed by atoms with Crippen molar-refractivity contribution in [2.75, 3.05) is 7.11 Å². The Labute approximate surface area is 99.1 Å². The summed E-state index contributed by atoms with van der Waals surface area (Å²) in [5.74, 6) is 1.15. The van der Waals surface area contributed by atoms with E-state index in [4.69, 9.17) is 0 Å². The van der Waals surface area contributed by atoms with Crippen molar-refractivity contribution in [3.05, 3.63) is 11.6 Å². The second kappa shape index (κ2) is 5.03. The fourth-order valence-electron chi connectivity index (χ4n) is 2.75. The summed E-state index contributed by atoms with van der Waals surface area (Å²) in [6, 6.07) is 0. The van der Waals surface area contributed by atoms with Crippen LogP contribution in [0.15, 0.2) is 11.6 Å². The third-order valence-electron chi connectivity index (χ3n) is 4.34. The topological polar surface area (TPSA) is 26.3 Å². The van der Waals surface area contributed by atoms with Crippen LogP contribution in [-0.4, -0.2) is 13.1 Å². The van der Waals surface area contributed by atoms with E-state index in [1.165, 1.54) is 12.7 Å². The van der Waals surface area contributed by atoms with Crippen LogP contribution in [0.5, 0.6) is 0 Å². The number of hydrogen-bond acceptors (Lipinski definition) is 2. The van der Waals surface area contributed by atoms with Gasteiger partial charge in [-0.05, 0) is 37.0 Å². The number of ether oxygens (including phenoxy) is 1. The molecule has 0 aromatic carbocycles. The zero-order valence-corrected chi connectivity index (χ0v) is 11.2. The first-order valence-corrected chi connectivity index (χ1v) is 6.13. The fraction of sp³-hybridized carbons (Fsp3) is 0.786. The summed E-state index contributed by atoms with van der Waals surface area (Å²) in [7, 11) is 1.46. The quantitative estimate of drug-likeness (QED) is 0.539. The number of rotatable bonds is 4. The van der Waals surface area contributed by atoms with Crippen LogP contribution in [-0.2, 0) is 9.53 Å². The monoisotopic (exact) mass is 224 g/mol. The molecule has 0 spiro atoms. The van der Waals surface area contributed by atoms with Crippen LogP contribution in [0.25, 0.3) is 0 Å². The van der Waals surface area contributed by atoms with E-state index >= 15 is 0 Å². The highest BCUT2D eigenvalue weighted by molar-refractivity contribution is 5.69. The highest BCUT2D eigenvalue weighted by Gasteiger charge is 2.37. The van der Waals surface area contributed by atoms with Crippen LogP contribution < -0.4 is 0 Å². The third-order valence-corrected chi connectivity index (χ3v) is 4.34. The Bertz CT molecular complexity index is 289. The summed E-state index contributed by atoms with van der Waals surface area (Å²) in [4.78, 5) is 11.1. The average molecular weight is 224 g/mol. The van der Waals surface area contributed by atoms with E-state index < -0.39 is 0 Å². The summed E-state index contributed by atoms with van der Waals surface area (Å²) in [5.41, 5.74) is 1.78. The third kappa shape index (κ3) is 2.66. The van der Waals surface area contributed by atoms with E-state index in [1.807, 2.05) is 0 Å². The molecule has 0 bridgehead atoms. The van der Waals surface area contributed by atoms with Gasteiger partial charge in [0.05, 0.1) is 7.11 Å². The largest absolute Gasteiger partial charge is 0.469 e. The van der Waals surface area contributed by atoms with Crippen LogP contribution in [0.4, 0.5) is 0 Å². The van der Waals surface area contributed by atoms with Gasteiger partial charge in [-0.25, -0.2) is 0 Å². The van der Waals surface area contributed by atoms with Gasteiger partial charge in [0, 0.05) is 6.42 Å². The predicted molar refractivity (Wildman–Crippen MR) is 66.1 cm³/mol. The molecule has 1 aliphatic rings. The molecule has 1 unspecified atom stereocenters. The molecule has 0 radical (unpaired) electrons. The molecule has 0 amide bonds. The van der Waals surface area contributed by atoms with Crippen molar-refractivity contribution >= 4 is 5.97 Å². The maximum absolute atomic E-state index is 11.1. The van der Waals surface area contributed by atoms with Crippen LogP contribution >= 0.6 is 0 Å². The molecule has 2 nitrogen and oxygen atoms in total. The zero-order valence-electron chi connectivity index (χ0n) is 11.2. The first kappa shape index (κ1) is 13.3. The normalized spacial score (nSPS) is 25.1. The number of methoxy groups -OCH3 is 1. The second-order valence-corrected chi connectivity index (χ2v) is 5.54. The Balaban J connectivity index is 2.50. The summed E-state index contributed by atoms with van der Waals surface area (Å²) in [5, 5.41) is 0. The van der Waals surface area contributed by atoms with Crippen molar-refractivity contribution in [1.29, 1.82) is 0 Å². The smallest absolute Gasteiger partial charge is 0.305 e. The molecule has 0 fully saturated rings. The van der Waals surface area contributed by atoms with E-state index in [0.29, 0.717) is 18.3 Å². The number of carbonyl (C=O) groups excluding carboxylic acids is 1. The minimum atomic E-state index is -0.0904. The van der Waals surface area contributed by atoms with E-state index in [9.17, 15) is 4.79 Å². The molecule has 0 heterocycles. The summed E-state index contributed by atoms with van der Waals surface area (Å²) >= 11 is 0. The lowest BCUT2D eigenvalue weighted by Crippen LogP contribution is -2.26. The molecule has 2 heteroatoms. The highest BCUT2D eigenvalue weighted by Crippen LogP contribution is 2.47. The number of esters is 1. The van der Waals surface area contributed by atoms with Gasteiger partial charge >= 0.3 is 5.97 Å². The van der Waals surface area contributed by atoms with Gasteiger partial charge < -0.3 is 4.74 Å². The molecule has 0 aliphatic heterocycles. The van der Waals surface area contributed by atoms with Crippen LogP contribution in [0.3, 0.4) is 0 Å². The molecule has 2 atom stereocenters. The van der Waals surface area contributed by atoms with Gasteiger partial charge in [-0.15, -0.1) is 0 Å². The zero-order chi connectivity index (χ0) is 12.3. The number of allylic oxidation sites excluding steroid dienone is 2. The lowest BCUT2D eigenvalue weighted by molar-refractivity contribution is -0.141. The van der Waals surface area contributed by atoms with Crippen molar-refractivity contribution in [3.63, 3.8) is 0 Å². The molecular formula is C14H24O2. The molecule has 16 heavy (non-hydrogen) atoms. The van der Waals surface area contributed by atoms with Crippen LogP contribution in [0.1, 0.15) is 47.0 Å². The van der Waals surface area contributed by atoms with Crippen molar-refractivity contribution in [2.45, 2.75) is 47.0 Å². The molecule has 92 valence electrons. The van der Waals surface area contributed by atoms with Crippen molar-refractivity contribution in [2.24, 2.45) is 17.3 Å². The lowest BCUT2D eigenvalue weighted by Gasteiger charge is -2.34. The molecular weight excluding hydrogens is 200 g/mol.